The van der Waals surface area contributed by atoms with Gasteiger partial charge >= 0.3 is 0 Å². The summed E-state index contributed by atoms with van der Waals surface area (Å²) in [6.07, 6.45) is 4.69. The molecular formula is C38H28Cl4N4O6S. The second-order valence-corrected chi connectivity index (χ2v) is 13.9. The van der Waals surface area contributed by atoms with Crippen molar-refractivity contribution in [2.75, 3.05) is 19.0 Å². The predicted octanol–water partition coefficient (Wildman–Crippen LogP) is 10.0. The van der Waals surface area contributed by atoms with Gasteiger partial charge < -0.3 is 23.9 Å². The molecule has 0 atom stereocenters. The van der Waals surface area contributed by atoms with E-state index in [2.05, 4.69) is 15.5 Å². The number of hydrogen-bond acceptors (Lipinski definition) is 9. The Hall–Kier alpha value is -4.91. The van der Waals surface area contributed by atoms with Crippen LogP contribution in [0.15, 0.2) is 117 Å². The van der Waals surface area contributed by atoms with E-state index in [9.17, 15) is 9.59 Å². The standard InChI is InChI=1S/C38H28Cl4N4O6S/c1-49-34-15-23(4-12-33(34)51-21-24-5-6-28(41)18-31(24)42)19-43-45-38-46(20-30-3-2-14-50-30)37(48)35(53-38)17-25-16-27(40)9-13-32(25)52-22-36(47)44-29-10-7-26(39)8-11-29/h2-19H,20-22H2,1H3,(H,44,47)/b35-17-,43-19+,45-38-. The Kier molecular flexibility index (Phi) is 12.7. The molecule has 1 aromatic heterocycles. The molecule has 1 fully saturated rings. The Morgan fingerprint density at radius 3 is 2.40 bits per heavy atom. The SMILES string of the molecule is COc1cc(/C=N/N=C2\S/C(=C\c3cc(Cl)ccc3OCC(=O)Nc3ccc(Cl)cc3)C(=O)N2Cc2ccco2)ccc1OCc1ccc(Cl)cc1Cl. The highest BCUT2D eigenvalue weighted by Crippen LogP contribution is 2.36. The summed E-state index contributed by atoms with van der Waals surface area (Å²) in [5.41, 5.74) is 2.50. The van der Waals surface area contributed by atoms with Crippen molar-refractivity contribution in [1.82, 2.24) is 4.90 Å². The smallest absolute Gasteiger partial charge is 0.267 e. The van der Waals surface area contributed by atoms with Crippen molar-refractivity contribution >= 4 is 93.1 Å². The lowest BCUT2D eigenvalue weighted by Gasteiger charge is -2.13. The molecule has 0 spiro atoms. The van der Waals surface area contributed by atoms with Crippen molar-refractivity contribution in [3.05, 3.63) is 145 Å². The second-order valence-electron chi connectivity index (χ2n) is 11.2. The van der Waals surface area contributed by atoms with E-state index in [4.69, 9.17) is 65.0 Å². The number of nitrogens with one attached hydrogen (secondary N) is 1. The van der Waals surface area contributed by atoms with Crippen LogP contribution in [-0.4, -0.2) is 41.8 Å². The lowest BCUT2D eigenvalue weighted by atomic mass is 10.2. The first-order valence-corrected chi connectivity index (χ1v) is 18.1. The van der Waals surface area contributed by atoms with Gasteiger partial charge in [0.25, 0.3) is 11.8 Å². The average molecular weight is 811 g/mol. The molecular weight excluding hydrogens is 782 g/mol. The molecule has 4 aromatic carbocycles. The largest absolute Gasteiger partial charge is 0.493 e. The lowest BCUT2D eigenvalue weighted by Crippen LogP contribution is -2.28. The molecule has 1 saturated heterocycles. The fraction of sp³-hybridized carbons (Fsp3) is 0.105. The summed E-state index contributed by atoms with van der Waals surface area (Å²) in [6.45, 7) is 0.0382. The molecule has 0 radical (unpaired) electrons. The summed E-state index contributed by atoms with van der Waals surface area (Å²) in [4.78, 5) is 28.1. The van der Waals surface area contributed by atoms with Crippen LogP contribution < -0.4 is 19.5 Å². The zero-order chi connectivity index (χ0) is 37.3. The van der Waals surface area contributed by atoms with Crippen molar-refractivity contribution in [2.45, 2.75) is 13.2 Å². The number of furan rings is 1. The third-order valence-electron chi connectivity index (χ3n) is 7.46. The molecule has 0 unspecified atom stereocenters. The molecule has 6 rings (SSSR count). The van der Waals surface area contributed by atoms with E-state index in [0.717, 1.165) is 17.3 Å². The highest BCUT2D eigenvalue weighted by molar-refractivity contribution is 8.18. The van der Waals surface area contributed by atoms with Gasteiger partial charge in [0.1, 0.15) is 18.1 Å². The first-order chi connectivity index (χ1) is 25.6. The maximum Gasteiger partial charge on any atom is 0.267 e. The molecule has 1 aliphatic rings. The first kappa shape index (κ1) is 37.8. The van der Waals surface area contributed by atoms with Crippen molar-refractivity contribution in [3.63, 3.8) is 0 Å². The van der Waals surface area contributed by atoms with Gasteiger partial charge in [0.05, 0.1) is 31.0 Å². The molecule has 5 aromatic rings. The number of anilines is 1. The van der Waals surface area contributed by atoms with Crippen LogP contribution in [0.4, 0.5) is 5.69 Å². The van der Waals surface area contributed by atoms with Crippen LogP contribution in [0.5, 0.6) is 17.2 Å². The fourth-order valence-corrected chi connectivity index (χ4v) is 6.58. The van der Waals surface area contributed by atoms with Crippen molar-refractivity contribution < 1.29 is 28.2 Å². The molecule has 0 bridgehead atoms. The van der Waals surface area contributed by atoms with Gasteiger partial charge in [-0.15, -0.1) is 5.10 Å². The van der Waals surface area contributed by atoms with E-state index in [1.54, 1.807) is 97.1 Å². The lowest BCUT2D eigenvalue weighted by molar-refractivity contribution is -0.122. The zero-order valence-corrected chi connectivity index (χ0v) is 31.6. The monoisotopic (exact) mass is 808 g/mol. The first-order valence-electron chi connectivity index (χ1n) is 15.7. The number of carbonyl (C=O) groups excluding carboxylic acids is 2. The van der Waals surface area contributed by atoms with E-state index in [1.165, 1.54) is 24.5 Å². The maximum atomic E-state index is 13.8. The maximum absolute atomic E-state index is 13.8. The van der Waals surface area contributed by atoms with Crippen molar-refractivity contribution in [2.24, 2.45) is 10.2 Å². The van der Waals surface area contributed by atoms with Crippen LogP contribution in [0.3, 0.4) is 0 Å². The number of thioether (sulfide) groups is 1. The van der Waals surface area contributed by atoms with Crippen LogP contribution in [-0.2, 0) is 22.7 Å². The molecule has 270 valence electrons. The fourth-order valence-electron chi connectivity index (χ4n) is 4.88. The van der Waals surface area contributed by atoms with Crippen LogP contribution in [0, 0.1) is 0 Å². The Morgan fingerprint density at radius 2 is 1.64 bits per heavy atom. The molecule has 1 aliphatic heterocycles. The van der Waals surface area contributed by atoms with E-state index >= 15 is 0 Å². The van der Waals surface area contributed by atoms with Crippen LogP contribution in [0.2, 0.25) is 20.1 Å². The number of rotatable bonds is 13. The number of hydrogen-bond donors (Lipinski definition) is 1. The minimum atomic E-state index is -0.383. The van der Waals surface area contributed by atoms with Gasteiger partial charge in [-0.25, -0.2) is 0 Å². The molecule has 1 N–H and O–H groups in total. The number of amides is 2. The summed E-state index contributed by atoms with van der Waals surface area (Å²) < 4.78 is 22.9. The molecule has 53 heavy (non-hydrogen) atoms. The Labute approximate surface area is 328 Å². The summed E-state index contributed by atoms with van der Waals surface area (Å²) in [6, 6.07) is 25.6. The van der Waals surface area contributed by atoms with Gasteiger partial charge in [0, 0.05) is 36.9 Å². The van der Waals surface area contributed by atoms with Crippen LogP contribution in [0.1, 0.15) is 22.5 Å². The summed E-state index contributed by atoms with van der Waals surface area (Å²) in [5, 5.41) is 13.7. The van der Waals surface area contributed by atoms with Gasteiger partial charge in [0.2, 0.25) is 0 Å². The predicted molar refractivity (Wildman–Crippen MR) is 211 cm³/mol. The van der Waals surface area contributed by atoms with Gasteiger partial charge in [-0.1, -0.05) is 52.5 Å². The van der Waals surface area contributed by atoms with Gasteiger partial charge in [-0.2, -0.15) is 5.10 Å². The van der Waals surface area contributed by atoms with Crippen LogP contribution >= 0.6 is 58.2 Å². The minimum absolute atomic E-state index is 0.117. The average Bonchev–Trinajstić information content (AvgIpc) is 3.76. The van der Waals surface area contributed by atoms with E-state index in [0.29, 0.717) is 70.0 Å². The quantitative estimate of drug-likeness (QED) is 0.0715. The Balaban J connectivity index is 1.19. The molecule has 15 heteroatoms. The van der Waals surface area contributed by atoms with Gasteiger partial charge in [-0.05, 0) is 108 Å². The summed E-state index contributed by atoms with van der Waals surface area (Å²) in [5.74, 6) is 1.16. The summed E-state index contributed by atoms with van der Waals surface area (Å²) >= 11 is 25.7. The number of ether oxygens (including phenoxy) is 3. The topological polar surface area (TPSA) is 115 Å². The van der Waals surface area contributed by atoms with E-state index in [1.807, 2.05) is 0 Å². The molecule has 2 heterocycles. The summed E-state index contributed by atoms with van der Waals surface area (Å²) in [7, 11) is 1.53. The number of amidine groups is 1. The van der Waals surface area contributed by atoms with Crippen LogP contribution in [0.25, 0.3) is 6.08 Å². The van der Waals surface area contributed by atoms with E-state index < -0.39 is 0 Å². The Morgan fingerprint density at radius 1 is 0.887 bits per heavy atom. The van der Waals surface area contributed by atoms with E-state index in [-0.39, 0.29) is 31.6 Å². The van der Waals surface area contributed by atoms with Gasteiger partial charge in [-0.3, -0.25) is 14.5 Å². The van der Waals surface area contributed by atoms with Crippen molar-refractivity contribution in [1.29, 1.82) is 0 Å². The highest BCUT2D eigenvalue weighted by Gasteiger charge is 2.34. The van der Waals surface area contributed by atoms with Crippen molar-refractivity contribution in [3.8, 4) is 17.2 Å². The second kappa shape index (κ2) is 17.7. The normalized spacial score (nSPS) is 14.4. The van der Waals surface area contributed by atoms with Gasteiger partial charge in [0.15, 0.2) is 23.3 Å². The minimum Gasteiger partial charge on any atom is -0.493 e. The molecule has 0 saturated carbocycles. The zero-order valence-electron chi connectivity index (χ0n) is 27.7. The number of methoxy groups -OCH3 is 1. The highest BCUT2D eigenvalue weighted by atomic mass is 35.5. The number of carbonyl (C=O) groups is 2. The third-order valence-corrected chi connectivity index (χ3v) is 9.53. The number of halogens is 4. The molecule has 10 nitrogen and oxygen atoms in total. The molecule has 0 aliphatic carbocycles. The third kappa shape index (κ3) is 10.2. The molecule has 2 amide bonds. The number of nitrogens with zero attached hydrogens (tertiary/aromatic N) is 3. The Bertz CT molecular complexity index is 2210. The number of benzene rings is 4.